The molecule has 0 amide bonds. The average Bonchev–Trinajstić information content (AvgIpc) is 3.21. The first-order valence-electron chi connectivity index (χ1n) is 11.6. The Balaban J connectivity index is 1.33. The van der Waals surface area contributed by atoms with Gasteiger partial charge in [-0.1, -0.05) is 0 Å². The van der Waals surface area contributed by atoms with Gasteiger partial charge in [0.15, 0.2) is 0 Å². The van der Waals surface area contributed by atoms with Gasteiger partial charge in [0.05, 0.1) is 5.39 Å². The molecule has 3 N–H and O–H groups in total. The number of aliphatic hydroxyl groups is 1. The van der Waals surface area contributed by atoms with E-state index in [0.29, 0.717) is 12.0 Å². The predicted octanol–water partition coefficient (Wildman–Crippen LogP) is 1.90. The molecule has 2 aromatic heterocycles. The van der Waals surface area contributed by atoms with Crippen LogP contribution in [0.5, 0.6) is 0 Å². The molecule has 5 rings (SSSR count). The van der Waals surface area contributed by atoms with Crippen LogP contribution in [0.4, 0.5) is 5.82 Å². The SMILES string of the molecule is OCn1cc(C2CCOCC2)c2c(N[C@H]3CC[C@H](N4CCNCC4)CC3)ncnc21. The average molecular weight is 415 g/mol. The Morgan fingerprint density at radius 2 is 1.83 bits per heavy atom. The van der Waals surface area contributed by atoms with Gasteiger partial charge in [-0.25, -0.2) is 9.97 Å². The van der Waals surface area contributed by atoms with Gasteiger partial charge in [-0.3, -0.25) is 4.90 Å². The molecule has 8 heteroatoms. The van der Waals surface area contributed by atoms with E-state index < -0.39 is 0 Å². The molecule has 30 heavy (non-hydrogen) atoms. The lowest BCUT2D eigenvalue weighted by Gasteiger charge is -2.39. The Bertz CT molecular complexity index is 836. The Labute approximate surface area is 178 Å². The lowest BCUT2D eigenvalue weighted by molar-refractivity contribution is 0.0855. The predicted molar refractivity (Wildman–Crippen MR) is 117 cm³/mol. The number of anilines is 1. The molecule has 0 aromatic carbocycles. The zero-order chi connectivity index (χ0) is 20.3. The summed E-state index contributed by atoms with van der Waals surface area (Å²) in [7, 11) is 0. The lowest BCUT2D eigenvalue weighted by atomic mass is 9.89. The fourth-order valence-electron chi connectivity index (χ4n) is 5.51. The van der Waals surface area contributed by atoms with Gasteiger partial charge in [-0.15, -0.1) is 0 Å². The van der Waals surface area contributed by atoms with Crippen molar-refractivity contribution in [3.05, 3.63) is 18.1 Å². The third kappa shape index (κ3) is 4.06. The highest BCUT2D eigenvalue weighted by atomic mass is 16.5. The first-order valence-corrected chi connectivity index (χ1v) is 11.6. The number of hydrogen-bond donors (Lipinski definition) is 3. The Morgan fingerprint density at radius 3 is 2.57 bits per heavy atom. The smallest absolute Gasteiger partial charge is 0.147 e. The fourth-order valence-corrected chi connectivity index (χ4v) is 5.51. The van der Waals surface area contributed by atoms with Gasteiger partial charge in [0.25, 0.3) is 0 Å². The molecule has 4 heterocycles. The molecule has 3 aliphatic rings. The minimum atomic E-state index is -0.0635. The summed E-state index contributed by atoms with van der Waals surface area (Å²) in [6, 6.07) is 1.17. The van der Waals surface area contributed by atoms with Crippen molar-refractivity contribution < 1.29 is 9.84 Å². The Kier molecular flexibility index (Phi) is 6.17. The first-order chi connectivity index (χ1) is 14.8. The summed E-state index contributed by atoms with van der Waals surface area (Å²) in [5.74, 6) is 1.36. The fraction of sp³-hybridized carbons (Fsp3) is 0.727. The van der Waals surface area contributed by atoms with Crippen LogP contribution in [0.15, 0.2) is 12.5 Å². The second kappa shape index (κ2) is 9.18. The van der Waals surface area contributed by atoms with Crippen LogP contribution in [0.2, 0.25) is 0 Å². The van der Waals surface area contributed by atoms with E-state index in [9.17, 15) is 5.11 Å². The highest BCUT2D eigenvalue weighted by molar-refractivity contribution is 5.91. The maximum Gasteiger partial charge on any atom is 0.147 e. The van der Waals surface area contributed by atoms with E-state index in [1.54, 1.807) is 6.33 Å². The maximum absolute atomic E-state index is 9.86. The number of aromatic nitrogens is 3. The molecular weight excluding hydrogens is 380 g/mol. The van der Waals surface area contributed by atoms with E-state index in [2.05, 4.69) is 31.7 Å². The topological polar surface area (TPSA) is 87.5 Å². The molecular formula is C22H34N6O2. The Hall–Kier alpha value is -1.74. The molecule has 1 aliphatic carbocycles. The molecule has 0 radical (unpaired) electrons. The van der Waals surface area contributed by atoms with E-state index in [1.807, 2.05) is 4.57 Å². The van der Waals surface area contributed by atoms with Crippen LogP contribution < -0.4 is 10.6 Å². The van der Waals surface area contributed by atoms with Crippen molar-refractivity contribution in [2.24, 2.45) is 0 Å². The van der Waals surface area contributed by atoms with Gasteiger partial charge >= 0.3 is 0 Å². The van der Waals surface area contributed by atoms with Crippen LogP contribution in [-0.4, -0.2) is 76.0 Å². The summed E-state index contributed by atoms with van der Waals surface area (Å²) >= 11 is 0. The number of piperazine rings is 1. The van der Waals surface area contributed by atoms with Crippen LogP contribution >= 0.6 is 0 Å². The number of nitrogens with one attached hydrogen (secondary N) is 2. The van der Waals surface area contributed by atoms with Crippen molar-refractivity contribution in [3.63, 3.8) is 0 Å². The summed E-state index contributed by atoms with van der Waals surface area (Å²) in [4.78, 5) is 11.8. The largest absolute Gasteiger partial charge is 0.381 e. The number of rotatable bonds is 5. The van der Waals surface area contributed by atoms with Crippen molar-refractivity contribution in [2.75, 3.05) is 44.7 Å². The maximum atomic E-state index is 9.86. The number of hydrogen-bond acceptors (Lipinski definition) is 7. The van der Waals surface area contributed by atoms with Gasteiger partial charge in [0.1, 0.15) is 24.5 Å². The first kappa shape index (κ1) is 20.2. The molecule has 8 nitrogen and oxygen atoms in total. The highest BCUT2D eigenvalue weighted by Gasteiger charge is 2.28. The molecule has 2 aliphatic heterocycles. The van der Waals surface area contributed by atoms with Crippen molar-refractivity contribution in [3.8, 4) is 0 Å². The van der Waals surface area contributed by atoms with Crippen molar-refractivity contribution in [2.45, 2.75) is 63.3 Å². The highest BCUT2D eigenvalue weighted by Crippen LogP contribution is 2.37. The summed E-state index contributed by atoms with van der Waals surface area (Å²) in [6.45, 7) is 6.12. The summed E-state index contributed by atoms with van der Waals surface area (Å²) in [5, 5.41) is 18.2. The number of fused-ring (bicyclic) bond motifs is 1. The van der Waals surface area contributed by atoms with E-state index in [4.69, 9.17) is 4.74 Å². The van der Waals surface area contributed by atoms with E-state index >= 15 is 0 Å². The van der Waals surface area contributed by atoms with Gasteiger partial charge in [0, 0.05) is 57.7 Å². The molecule has 0 bridgehead atoms. The van der Waals surface area contributed by atoms with Crippen molar-refractivity contribution >= 4 is 16.9 Å². The minimum absolute atomic E-state index is 0.0635. The molecule has 0 spiro atoms. The molecule has 2 aromatic rings. The van der Waals surface area contributed by atoms with Gasteiger partial charge < -0.3 is 25.0 Å². The van der Waals surface area contributed by atoms with Crippen LogP contribution in [-0.2, 0) is 11.5 Å². The monoisotopic (exact) mass is 414 g/mol. The van der Waals surface area contributed by atoms with Crippen LogP contribution in [0, 0.1) is 0 Å². The van der Waals surface area contributed by atoms with E-state index in [1.165, 1.54) is 44.3 Å². The summed E-state index contributed by atoms with van der Waals surface area (Å²) in [5.41, 5.74) is 2.07. The molecule has 0 unspecified atom stereocenters. The van der Waals surface area contributed by atoms with Crippen LogP contribution in [0.25, 0.3) is 11.0 Å². The number of nitrogens with zero attached hydrogens (tertiary/aromatic N) is 4. The summed E-state index contributed by atoms with van der Waals surface area (Å²) < 4.78 is 7.41. The molecule has 2 saturated heterocycles. The Morgan fingerprint density at radius 1 is 1.07 bits per heavy atom. The van der Waals surface area contributed by atoms with E-state index in [0.717, 1.165) is 62.0 Å². The molecule has 164 valence electrons. The second-order valence-corrected chi connectivity index (χ2v) is 8.94. The van der Waals surface area contributed by atoms with Crippen LogP contribution in [0.1, 0.15) is 50.0 Å². The lowest BCUT2D eigenvalue weighted by Crippen LogP contribution is -2.50. The molecule has 1 saturated carbocycles. The zero-order valence-corrected chi connectivity index (χ0v) is 17.7. The quantitative estimate of drug-likeness (QED) is 0.689. The van der Waals surface area contributed by atoms with Gasteiger partial charge in [0.2, 0.25) is 0 Å². The number of aliphatic hydroxyl groups excluding tert-OH is 1. The normalized spacial score (nSPS) is 26.8. The molecule has 3 fully saturated rings. The van der Waals surface area contributed by atoms with Crippen molar-refractivity contribution in [1.82, 2.24) is 24.8 Å². The van der Waals surface area contributed by atoms with Crippen molar-refractivity contribution in [1.29, 1.82) is 0 Å². The summed E-state index contributed by atoms with van der Waals surface area (Å²) in [6.07, 6.45) is 10.6. The minimum Gasteiger partial charge on any atom is -0.381 e. The number of ether oxygens (including phenoxy) is 1. The van der Waals surface area contributed by atoms with Gasteiger partial charge in [-0.2, -0.15) is 0 Å². The second-order valence-electron chi connectivity index (χ2n) is 8.94. The van der Waals surface area contributed by atoms with Crippen LogP contribution in [0.3, 0.4) is 0 Å². The molecule has 0 atom stereocenters. The third-order valence-electron chi connectivity index (χ3n) is 7.20. The zero-order valence-electron chi connectivity index (χ0n) is 17.7. The third-order valence-corrected chi connectivity index (χ3v) is 7.20. The standard InChI is InChI=1S/C22H34N6O2/c29-15-28-13-19(16-5-11-30-12-6-16)20-21(24-14-25-22(20)28)26-17-1-3-18(4-2-17)27-9-7-23-8-10-27/h13-14,16-18,23,29H,1-12,15H2,(H,24,25,26)/t17-,18-. The van der Waals surface area contributed by atoms with Gasteiger partial charge in [-0.05, 0) is 50.0 Å². The van der Waals surface area contributed by atoms with E-state index in [-0.39, 0.29) is 6.73 Å².